The summed E-state index contributed by atoms with van der Waals surface area (Å²) in [4.78, 5) is 32.3. The zero-order valence-electron chi connectivity index (χ0n) is 22.3. The number of hydrogen-bond donors (Lipinski definition) is 1. The summed E-state index contributed by atoms with van der Waals surface area (Å²) in [5.74, 6) is -0.969. The van der Waals surface area contributed by atoms with Gasteiger partial charge in [0.15, 0.2) is 0 Å². The van der Waals surface area contributed by atoms with Gasteiger partial charge in [-0.3, -0.25) is 9.59 Å². The lowest BCUT2D eigenvalue weighted by atomic mass is 9.79. The molecule has 2 aromatic carbocycles. The van der Waals surface area contributed by atoms with Crippen LogP contribution in [-0.4, -0.2) is 28.2 Å². The van der Waals surface area contributed by atoms with Crippen LogP contribution in [0.2, 0.25) is 5.02 Å². The maximum atomic E-state index is 13.9. The second-order valence-electron chi connectivity index (χ2n) is 11.4. The molecule has 3 aromatic rings. The smallest absolute Gasteiger partial charge is 0.237 e. The zero-order valence-corrected chi connectivity index (χ0v) is 23.1. The number of carbonyl (C=O) groups is 2. The minimum atomic E-state index is -0.694. The fraction of sp³-hybridized carbons (Fsp3) is 0.323. The molecule has 0 unspecified atom stereocenters. The standard InChI is InChI=1S/C31H30ClF2N3O2/c1-18(20-12-23(33)15-24(34)13-20)37(29(39)30(2,3)4)10-6-7-19-11-21-16-31(17-22(21)14-26(19)32)25-8-5-9-35-27(25)36-28(31)38/h5-9,11-15,18H,10,16-17H2,1-4H3,(H,35,36,38)/t18-,31+/m1/s1. The first-order valence-corrected chi connectivity index (χ1v) is 13.3. The van der Waals surface area contributed by atoms with Crippen LogP contribution in [0.3, 0.4) is 0 Å². The molecule has 0 saturated carbocycles. The molecule has 8 heteroatoms. The first kappa shape index (κ1) is 27.0. The average Bonchev–Trinajstić information content (AvgIpc) is 3.36. The Bertz CT molecular complexity index is 1490. The van der Waals surface area contributed by atoms with Crippen LogP contribution in [0, 0.1) is 17.0 Å². The van der Waals surface area contributed by atoms with Gasteiger partial charge in [0.1, 0.15) is 17.5 Å². The molecule has 1 spiro atoms. The van der Waals surface area contributed by atoms with Gasteiger partial charge in [0.2, 0.25) is 11.8 Å². The van der Waals surface area contributed by atoms with Gasteiger partial charge in [-0.2, -0.15) is 0 Å². The molecule has 0 saturated heterocycles. The van der Waals surface area contributed by atoms with Gasteiger partial charge in [0.25, 0.3) is 0 Å². The molecule has 5 nitrogen and oxygen atoms in total. The summed E-state index contributed by atoms with van der Waals surface area (Å²) < 4.78 is 27.9. The molecule has 2 atom stereocenters. The van der Waals surface area contributed by atoms with Crippen LogP contribution in [0.5, 0.6) is 0 Å². The number of fused-ring (bicyclic) bond motifs is 3. The van der Waals surface area contributed by atoms with Gasteiger partial charge in [0.05, 0.1) is 11.5 Å². The topological polar surface area (TPSA) is 62.3 Å². The Morgan fingerprint density at radius 1 is 1.15 bits per heavy atom. The number of aromatic nitrogens is 1. The Morgan fingerprint density at radius 2 is 1.82 bits per heavy atom. The highest BCUT2D eigenvalue weighted by Gasteiger charge is 2.51. The van der Waals surface area contributed by atoms with Gasteiger partial charge in [0, 0.05) is 34.8 Å². The van der Waals surface area contributed by atoms with E-state index in [0.717, 1.165) is 28.3 Å². The van der Waals surface area contributed by atoms with Crippen molar-refractivity contribution in [3.63, 3.8) is 0 Å². The lowest BCUT2D eigenvalue weighted by Crippen LogP contribution is -2.41. The van der Waals surface area contributed by atoms with E-state index in [9.17, 15) is 18.4 Å². The summed E-state index contributed by atoms with van der Waals surface area (Å²) in [6.45, 7) is 7.40. The first-order valence-electron chi connectivity index (χ1n) is 12.9. The summed E-state index contributed by atoms with van der Waals surface area (Å²) >= 11 is 6.66. The number of nitrogens with one attached hydrogen (secondary N) is 1. The van der Waals surface area contributed by atoms with E-state index in [1.54, 1.807) is 18.0 Å². The van der Waals surface area contributed by atoms with Crippen molar-refractivity contribution in [1.82, 2.24) is 9.88 Å². The Balaban J connectivity index is 1.40. The van der Waals surface area contributed by atoms with Crippen molar-refractivity contribution in [2.24, 2.45) is 5.41 Å². The number of carbonyl (C=O) groups excluding carboxylic acids is 2. The molecule has 202 valence electrons. The van der Waals surface area contributed by atoms with Crippen LogP contribution < -0.4 is 5.32 Å². The van der Waals surface area contributed by atoms with E-state index in [4.69, 9.17) is 11.6 Å². The normalized spacial score (nSPS) is 18.8. The van der Waals surface area contributed by atoms with Crippen molar-refractivity contribution in [2.45, 2.75) is 52.0 Å². The van der Waals surface area contributed by atoms with Crippen molar-refractivity contribution in [2.75, 3.05) is 11.9 Å². The highest BCUT2D eigenvalue weighted by atomic mass is 35.5. The molecule has 1 aliphatic carbocycles. The molecule has 2 aliphatic rings. The van der Waals surface area contributed by atoms with Crippen LogP contribution in [0.4, 0.5) is 14.6 Å². The number of hydrogen-bond acceptors (Lipinski definition) is 3. The lowest BCUT2D eigenvalue weighted by molar-refractivity contribution is -0.141. The maximum absolute atomic E-state index is 13.9. The van der Waals surface area contributed by atoms with E-state index < -0.39 is 28.5 Å². The maximum Gasteiger partial charge on any atom is 0.237 e. The van der Waals surface area contributed by atoms with E-state index >= 15 is 0 Å². The third-order valence-electron chi connectivity index (χ3n) is 7.63. The summed E-state index contributed by atoms with van der Waals surface area (Å²) in [5.41, 5.74) is 2.73. The zero-order chi connectivity index (χ0) is 28.1. The molecule has 1 aliphatic heterocycles. The van der Waals surface area contributed by atoms with Crippen LogP contribution in [-0.2, 0) is 27.8 Å². The van der Waals surface area contributed by atoms with Gasteiger partial charge in [-0.15, -0.1) is 0 Å². The van der Waals surface area contributed by atoms with Crippen molar-refractivity contribution in [3.8, 4) is 0 Å². The lowest BCUT2D eigenvalue weighted by Gasteiger charge is -2.34. The van der Waals surface area contributed by atoms with E-state index in [-0.39, 0.29) is 18.4 Å². The van der Waals surface area contributed by atoms with Gasteiger partial charge < -0.3 is 10.2 Å². The van der Waals surface area contributed by atoms with Gasteiger partial charge in [-0.1, -0.05) is 50.6 Å². The van der Waals surface area contributed by atoms with E-state index in [1.807, 2.05) is 57.2 Å². The van der Waals surface area contributed by atoms with E-state index in [2.05, 4.69) is 10.3 Å². The Morgan fingerprint density at radius 3 is 2.49 bits per heavy atom. The summed E-state index contributed by atoms with van der Waals surface area (Å²) in [6, 6.07) is 10.4. The minimum absolute atomic E-state index is 0.0558. The second kappa shape index (κ2) is 9.87. The third kappa shape index (κ3) is 4.96. The fourth-order valence-corrected chi connectivity index (χ4v) is 5.83. The Hall–Kier alpha value is -3.58. The second-order valence-corrected chi connectivity index (χ2v) is 11.8. The van der Waals surface area contributed by atoms with Crippen molar-refractivity contribution in [1.29, 1.82) is 0 Å². The Labute approximate surface area is 231 Å². The highest BCUT2D eigenvalue weighted by molar-refractivity contribution is 6.32. The molecular weight excluding hydrogens is 520 g/mol. The number of rotatable bonds is 5. The summed E-state index contributed by atoms with van der Waals surface area (Å²) in [5, 5.41) is 3.46. The summed E-state index contributed by atoms with van der Waals surface area (Å²) in [7, 11) is 0. The predicted octanol–water partition coefficient (Wildman–Crippen LogP) is 6.65. The number of halogens is 3. The monoisotopic (exact) mass is 549 g/mol. The SMILES string of the molecule is C[C@H](c1cc(F)cc(F)c1)N(CC=Cc1cc2c(cc1Cl)C[C@]1(C2)C(=O)Nc2ncccc21)C(=O)C(C)(C)C. The van der Waals surface area contributed by atoms with E-state index in [0.29, 0.717) is 29.2 Å². The summed E-state index contributed by atoms with van der Waals surface area (Å²) in [6.07, 6.45) is 6.43. The molecule has 0 radical (unpaired) electrons. The average molecular weight is 550 g/mol. The molecule has 0 fully saturated rings. The fourth-order valence-electron chi connectivity index (χ4n) is 5.58. The molecule has 1 N–H and O–H groups in total. The Kier molecular flexibility index (Phi) is 6.83. The van der Waals surface area contributed by atoms with E-state index in [1.165, 1.54) is 12.1 Å². The number of amides is 2. The number of benzene rings is 2. The predicted molar refractivity (Wildman–Crippen MR) is 148 cm³/mol. The van der Waals surface area contributed by atoms with Crippen LogP contribution >= 0.6 is 11.6 Å². The molecule has 2 amide bonds. The quantitative estimate of drug-likeness (QED) is 0.387. The molecule has 39 heavy (non-hydrogen) atoms. The van der Waals surface area contributed by atoms with Crippen LogP contribution in [0.25, 0.3) is 6.08 Å². The van der Waals surface area contributed by atoms with Gasteiger partial charge in [-0.05, 0) is 72.4 Å². The van der Waals surface area contributed by atoms with Crippen molar-refractivity contribution < 1.29 is 18.4 Å². The molecule has 0 bridgehead atoms. The first-order chi connectivity index (χ1) is 18.4. The molecular formula is C31H30ClF2N3O2. The highest BCUT2D eigenvalue weighted by Crippen LogP contribution is 2.47. The number of nitrogens with zero attached hydrogens (tertiary/aromatic N) is 2. The molecule has 2 heterocycles. The molecule has 1 aromatic heterocycles. The van der Waals surface area contributed by atoms with Gasteiger partial charge >= 0.3 is 0 Å². The minimum Gasteiger partial charge on any atom is -0.332 e. The largest absolute Gasteiger partial charge is 0.332 e. The van der Waals surface area contributed by atoms with Gasteiger partial charge in [-0.25, -0.2) is 13.8 Å². The van der Waals surface area contributed by atoms with Crippen LogP contribution in [0.1, 0.15) is 61.6 Å². The number of pyridine rings is 1. The number of anilines is 1. The van der Waals surface area contributed by atoms with Crippen LogP contribution in [0.15, 0.2) is 54.7 Å². The van der Waals surface area contributed by atoms with Crippen molar-refractivity contribution in [3.05, 3.63) is 99.2 Å². The van der Waals surface area contributed by atoms with Crippen molar-refractivity contribution >= 4 is 35.3 Å². The third-order valence-corrected chi connectivity index (χ3v) is 7.96. The molecule has 5 rings (SSSR count).